The molecular weight excluding hydrogens is 276 g/mol. The third-order valence-corrected chi connectivity index (χ3v) is 3.78. The van der Waals surface area contributed by atoms with Gasteiger partial charge in [0.2, 0.25) is 0 Å². The number of carbonyl (C=O) groups is 1. The molecule has 0 bridgehead atoms. The van der Waals surface area contributed by atoms with Crippen LogP contribution in [-0.2, 0) is 0 Å². The first-order valence-corrected chi connectivity index (χ1v) is 7.47. The van der Waals surface area contributed by atoms with Crippen LogP contribution in [0.15, 0.2) is 24.3 Å². The van der Waals surface area contributed by atoms with Crippen LogP contribution in [0.3, 0.4) is 0 Å². The average molecular weight is 297 g/mol. The lowest BCUT2D eigenvalue weighted by Gasteiger charge is -2.26. The van der Waals surface area contributed by atoms with Crippen molar-refractivity contribution in [3.8, 4) is 0 Å². The Morgan fingerprint density at radius 3 is 2.85 bits per heavy atom. The van der Waals surface area contributed by atoms with Crippen molar-refractivity contribution in [2.24, 2.45) is 0 Å². The highest BCUT2D eigenvalue weighted by Gasteiger charge is 2.32. The molecule has 0 spiro atoms. The number of benzene rings is 1. The molecule has 2 amide bonds. The van der Waals surface area contributed by atoms with Crippen LogP contribution in [0.5, 0.6) is 0 Å². The van der Waals surface area contributed by atoms with Crippen molar-refractivity contribution in [3.63, 3.8) is 0 Å². The van der Waals surface area contributed by atoms with E-state index in [9.17, 15) is 4.79 Å². The second kappa shape index (κ2) is 6.95. The number of hydrogen-bond acceptors (Lipinski definition) is 2. The maximum atomic E-state index is 12.3. The summed E-state index contributed by atoms with van der Waals surface area (Å²) in [6, 6.07) is 7.69. The highest BCUT2D eigenvalue weighted by molar-refractivity contribution is 6.30. The lowest BCUT2D eigenvalue weighted by atomic mass is 10.1. The van der Waals surface area contributed by atoms with Crippen LogP contribution in [0.1, 0.15) is 37.8 Å². The van der Waals surface area contributed by atoms with Crippen LogP contribution in [-0.4, -0.2) is 35.2 Å². The van der Waals surface area contributed by atoms with Gasteiger partial charge in [0.25, 0.3) is 0 Å². The SMILES string of the molecule is CCC(NC(=O)N(CCO)C1CC1)c1cccc(Cl)c1. The van der Waals surface area contributed by atoms with Gasteiger partial charge in [0.05, 0.1) is 12.6 Å². The number of aliphatic hydroxyl groups is 1. The number of halogens is 1. The number of aliphatic hydroxyl groups excluding tert-OH is 1. The average Bonchev–Trinajstić information content (AvgIpc) is 3.26. The van der Waals surface area contributed by atoms with E-state index in [1.165, 1.54) is 0 Å². The minimum atomic E-state index is -0.103. The third-order valence-electron chi connectivity index (χ3n) is 3.55. The van der Waals surface area contributed by atoms with E-state index in [4.69, 9.17) is 16.7 Å². The van der Waals surface area contributed by atoms with Gasteiger partial charge in [-0.1, -0.05) is 30.7 Å². The molecule has 1 aliphatic rings. The van der Waals surface area contributed by atoms with E-state index in [-0.39, 0.29) is 18.7 Å². The number of amides is 2. The second-order valence-electron chi connectivity index (χ2n) is 5.11. The van der Waals surface area contributed by atoms with Crippen LogP contribution in [0, 0.1) is 0 Å². The Balaban J connectivity index is 2.03. The maximum absolute atomic E-state index is 12.3. The molecule has 0 saturated heterocycles. The summed E-state index contributed by atoms with van der Waals surface area (Å²) in [7, 11) is 0. The van der Waals surface area contributed by atoms with E-state index >= 15 is 0 Å². The minimum Gasteiger partial charge on any atom is -0.395 e. The summed E-state index contributed by atoms with van der Waals surface area (Å²) in [5, 5.41) is 12.8. The molecule has 1 aromatic carbocycles. The highest BCUT2D eigenvalue weighted by Crippen LogP contribution is 2.27. The molecule has 1 aromatic rings. The van der Waals surface area contributed by atoms with Crippen molar-refractivity contribution >= 4 is 17.6 Å². The number of rotatable bonds is 6. The molecule has 1 saturated carbocycles. The van der Waals surface area contributed by atoms with E-state index in [1.807, 2.05) is 31.2 Å². The fourth-order valence-electron chi connectivity index (χ4n) is 2.32. The van der Waals surface area contributed by atoms with Gasteiger partial charge in [-0.05, 0) is 37.0 Å². The van der Waals surface area contributed by atoms with E-state index < -0.39 is 0 Å². The summed E-state index contributed by atoms with van der Waals surface area (Å²) < 4.78 is 0. The lowest BCUT2D eigenvalue weighted by molar-refractivity contribution is 0.170. The number of nitrogens with zero attached hydrogens (tertiary/aromatic N) is 1. The van der Waals surface area contributed by atoms with Gasteiger partial charge < -0.3 is 15.3 Å². The van der Waals surface area contributed by atoms with Crippen LogP contribution < -0.4 is 5.32 Å². The number of carbonyl (C=O) groups excluding carboxylic acids is 1. The molecule has 1 unspecified atom stereocenters. The topological polar surface area (TPSA) is 52.6 Å². The smallest absolute Gasteiger partial charge is 0.318 e. The molecule has 1 aliphatic carbocycles. The van der Waals surface area contributed by atoms with E-state index in [1.54, 1.807) is 4.90 Å². The molecule has 110 valence electrons. The molecular formula is C15H21ClN2O2. The summed E-state index contributed by atoms with van der Waals surface area (Å²) in [4.78, 5) is 14.0. The molecule has 1 atom stereocenters. The lowest BCUT2D eigenvalue weighted by Crippen LogP contribution is -2.44. The van der Waals surface area contributed by atoms with Crippen molar-refractivity contribution < 1.29 is 9.90 Å². The first-order chi connectivity index (χ1) is 9.65. The Bertz CT molecular complexity index is 463. The summed E-state index contributed by atoms with van der Waals surface area (Å²) in [6.45, 7) is 2.42. The van der Waals surface area contributed by atoms with Gasteiger partial charge in [0, 0.05) is 17.6 Å². The molecule has 2 N–H and O–H groups in total. The predicted molar refractivity (Wildman–Crippen MR) is 79.8 cm³/mol. The van der Waals surface area contributed by atoms with Gasteiger partial charge in [-0.15, -0.1) is 0 Å². The molecule has 1 fully saturated rings. The van der Waals surface area contributed by atoms with E-state index in [2.05, 4.69) is 5.32 Å². The molecule has 0 radical (unpaired) electrons. The summed E-state index contributed by atoms with van der Waals surface area (Å²) in [5.41, 5.74) is 1.01. The third kappa shape index (κ3) is 3.87. The molecule has 5 heteroatoms. The van der Waals surface area contributed by atoms with E-state index in [0.717, 1.165) is 24.8 Å². The number of hydrogen-bond donors (Lipinski definition) is 2. The Hall–Kier alpha value is -1.26. The first-order valence-electron chi connectivity index (χ1n) is 7.09. The minimum absolute atomic E-state index is 0.00211. The van der Waals surface area contributed by atoms with Gasteiger partial charge in [0.1, 0.15) is 0 Å². The van der Waals surface area contributed by atoms with Gasteiger partial charge in [-0.2, -0.15) is 0 Å². The van der Waals surface area contributed by atoms with Crippen molar-refractivity contribution in [1.82, 2.24) is 10.2 Å². The van der Waals surface area contributed by atoms with Crippen LogP contribution in [0.25, 0.3) is 0 Å². The van der Waals surface area contributed by atoms with E-state index in [0.29, 0.717) is 17.6 Å². The van der Waals surface area contributed by atoms with Crippen LogP contribution in [0.4, 0.5) is 4.79 Å². The second-order valence-corrected chi connectivity index (χ2v) is 5.55. The van der Waals surface area contributed by atoms with Crippen molar-refractivity contribution in [2.75, 3.05) is 13.2 Å². The fraction of sp³-hybridized carbons (Fsp3) is 0.533. The molecule has 0 aliphatic heterocycles. The van der Waals surface area contributed by atoms with Gasteiger partial charge in [-0.25, -0.2) is 4.79 Å². The first kappa shape index (κ1) is 15.1. The van der Waals surface area contributed by atoms with Crippen LogP contribution >= 0.6 is 11.6 Å². The zero-order valence-electron chi connectivity index (χ0n) is 11.7. The Morgan fingerprint density at radius 2 is 2.30 bits per heavy atom. The Morgan fingerprint density at radius 1 is 1.55 bits per heavy atom. The zero-order chi connectivity index (χ0) is 14.5. The Labute approximate surface area is 124 Å². The number of urea groups is 1. The van der Waals surface area contributed by atoms with Gasteiger partial charge >= 0.3 is 6.03 Å². The highest BCUT2D eigenvalue weighted by atomic mass is 35.5. The van der Waals surface area contributed by atoms with Crippen molar-refractivity contribution in [3.05, 3.63) is 34.9 Å². The standard InChI is InChI=1S/C15H21ClN2O2/c1-2-14(11-4-3-5-12(16)10-11)17-15(20)18(8-9-19)13-6-7-13/h3-5,10,13-14,19H,2,6-9H2,1H3,(H,17,20). The zero-order valence-corrected chi connectivity index (χ0v) is 12.4. The maximum Gasteiger partial charge on any atom is 0.318 e. The van der Waals surface area contributed by atoms with Crippen molar-refractivity contribution in [1.29, 1.82) is 0 Å². The van der Waals surface area contributed by atoms with Gasteiger partial charge in [-0.3, -0.25) is 0 Å². The predicted octanol–water partition coefficient (Wildman–Crippen LogP) is 2.96. The molecule has 0 aromatic heterocycles. The number of nitrogens with one attached hydrogen (secondary N) is 1. The summed E-state index contributed by atoms with van der Waals surface area (Å²) in [6.07, 6.45) is 2.85. The molecule has 0 heterocycles. The summed E-state index contributed by atoms with van der Waals surface area (Å²) >= 11 is 6.00. The van der Waals surface area contributed by atoms with Crippen LogP contribution in [0.2, 0.25) is 5.02 Å². The molecule has 4 nitrogen and oxygen atoms in total. The quantitative estimate of drug-likeness (QED) is 0.848. The largest absolute Gasteiger partial charge is 0.395 e. The molecule has 2 rings (SSSR count). The normalized spacial score (nSPS) is 15.8. The van der Waals surface area contributed by atoms with Gasteiger partial charge in [0.15, 0.2) is 0 Å². The Kier molecular flexibility index (Phi) is 5.26. The summed E-state index contributed by atoms with van der Waals surface area (Å²) in [5.74, 6) is 0. The fourth-order valence-corrected chi connectivity index (χ4v) is 2.52. The monoisotopic (exact) mass is 296 g/mol. The van der Waals surface area contributed by atoms with Crippen molar-refractivity contribution in [2.45, 2.75) is 38.3 Å². The molecule has 20 heavy (non-hydrogen) atoms.